The smallest absolute Gasteiger partial charge is 0.0994 e. The molecule has 0 bridgehead atoms. The highest BCUT2D eigenvalue weighted by Gasteiger charge is 2.11. The molecule has 0 N–H and O–H groups in total. The van der Waals surface area contributed by atoms with Crippen LogP contribution in [0.5, 0.6) is 0 Å². The monoisotopic (exact) mass is 194 g/mol. The van der Waals surface area contributed by atoms with Crippen molar-refractivity contribution in [1.29, 1.82) is 0 Å². The highest BCUT2D eigenvalue weighted by atomic mass is 16.5. The first-order valence-corrected chi connectivity index (χ1v) is 5.04. The van der Waals surface area contributed by atoms with Crippen LogP contribution in [0, 0.1) is 0 Å². The Bertz CT molecular complexity index is 228. The van der Waals surface area contributed by atoms with E-state index in [-0.39, 0.29) is 6.10 Å². The first-order valence-electron chi connectivity index (χ1n) is 5.04. The van der Waals surface area contributed by atoms with E-state index < -0.39 is 0 Å². The van der Waals surface area contributed by atoms with Crippen molar-refractivity contribution >= 4 is 0 Å². The molecule has 0 aromatic heterocycles. The highest BCUT2D eigenvalue weighted by molar-refractivity contribution is 5.20. The van der Waals surface area contributed by atoms with Gasteiger partial charge in [0.2, 0.25) is 0 Å². The average Bonchev–Trinajstić information content (AvgIpc) is 2.16. The van der Waals surface area contributed by atoms with Gasteiger partial charge in [-0.2, -0.15) is 0 Å². The predicted molar refractivity (Wildman–Crippen MR) is 63.4 cm³/mol. The molecule has 0 amide bonds. The van der Waals surface area contributed by atoms with E-state index in [4.69, 9.17) is 4.74 Å². The van der Waals surface area contributed by atoms with Crippen LogP contribution in [-0.4, -0.2) is 12.7 Å². The second-order valence-corrected chi connectivity index (χ2v) is 3.71. The minimum atomic E-state index is 0.113. The Morgan fingerprint density at radius 1 is 1.14 bits per heavy atom. The van der Waals surface area contributed by atoms with E-state index in [1.165, 1.54) is 11.1 Å². The zero-order valence-electron chi connectivity index (χ0n) is 10.1. The first kappa shape index (κ1) is 13.2. The highest BCUT2D eigenvalue weighted by Crippen LogP contribution is 2.16. The summed E-state index contributed by atoms with van der Waals surface area (Å²) >= 11 is 0. The molecule has 0 aliphatic heterocycles. The summed E-state index contributed by atoms with van der Waals surface area (Å²) in [5, 5.41) is 0. The number of hydrogen-bond donors (Lipinski definition) is 0. The van der Waals surface area contributed by atoms with Gasteiger partial charge in [-0.3, -0.25) is 0 Å². The summed E-state index contributed by atoms with van der Waals surface area (Å²) < 4.78 is 5.77. The molecule has 0 aromatic rings. The van der Waals surface area contributed by atoms with Crippen LogP contribution < -0.4 is 0 Å². The van der Waals surface area contributed by atoms with E-state index in [9.17, 15) is 0 Å². The van der Waals surface area contributed by atoms with Gasteiger partial charge in [-0.25, -0.2) is 0 Å². The Hall–Kier alpha value is -0.820. The minimum absolute atomic E-state index is 0.113. The fraction of sp³-hybridized carbons (Fsp3) is 0.538. The van der Waals surface area contributed by atoms with Crippen LogP contribution in [0.4, 0.5) is 0 Å². The second-order valence-electron chi connectivity index (χ2n) is 3.71. The molecule has 0 rings (SSSR count). The molecule has 0 radical (unpaired) electrons. The second kappa shape index (κ2) is 6.61. The van der Waals surface area contributed by atoms with Gasteiger partial charge in [-0.1, -0.05) is 24.3 Å². The number of ether oxygens (including phenoxy) is 1. The predicted octanol–water partition coefficient (Wildman–Crippen LogP) is 3.88. The average molecular weight is 194 g/mol. The van der Waals surface area contributed by atoms with E-state index in [1.807, 2.05) is 20.8 Å². The van der Waals surface area contributed by atoms with Gasteiger partial charge in [-0.15, -0.1) is 0 Å². The lowest BCUT2D eigenvalue weighted by Crippen LogP contribution is -2.17. The lowest BCUT2D eigenvalue weighted by molar-refractivity contribution is 0.120. The maximum absolute atomic E-state index is 5.77. The zero-order chi connectivity index (χ0) is 11.1. The molecule has 0 atom stereocenters. The third-order valence-corrected chi connectivity index (χ3v) is 2.23. The fourth-order valence-corrected chi connectivity index (χ4v) is 1.15. The topological polar surface area (TPSA) is 9.23 Å². The molecule has 0 aromatic carbocycles. The van der Waals surface area contributed by atoms with E-state index in [2.05, 4.69) is 32.6 Å². The molecule has 0 saturated carbocycles. The van der Waals surface area contributed by atoms with Crippen molar-refractivity contribution in [1.82, 2.24) is 0 Å². The molecule has 14 heavy (non-hydrogen) atoms. The molecular weight excluding hydrogens is 172 g/mol. The summed E-state index contributed by atoms with van der Waals surface area (Å²) in [6.07, 6.45) is 4.30. The Morgan fingerprint density at radius 3 is 1.86 bits per heavy atom. The van der Waals surface area contributed by atoms with Crippen LogP contribution in [0.25, 0.3) is 0 Å². The molecule has 0 spiro atoms. The van der Waals surface area contributed by atoms with E-state index in [0.717, 1.165) is 5.57 Å². The summed E-state index contributed by atoms with van der Waals surface area (Å²) in [5.74, 6) is 0. The van der Waals surface area contributed by atoms with Crippen molar-refractivity contribution < 1.29 is 4.74 Å². The van der Waals surface area contributed by atoms with Crippen LogP contribution in [-0.2, 0) is 4.74 Å². The van der Waals surface area contributed by atoms with Gasteiger partial charge in [0.05, 0.1) is 12.7 Å². The van der Waals surface area contributed by atoms with Crippen LogP contribution in [0.15, 0.2) is 35.5 Å². The number of rotatable bonds is 5. The van der Waals surface area contributed by atoms with Crippen molar-refractivity contribution in [3.63, 3.8) is 0 Å². The maximum atomic E-state index is 5.77. The number of hydrogen-bond acceptors (Lipinski definition) is 1. The van der Waals surface area contributed by atoms with Crippen molar-refractivity contribution in [3.8, 4) is 0 Å². The van der Waals surface area contributed by atoms with Gasteiger partial charge in [0, 0.05) is 0 Å². The summed E-state index contributed by atoms with van der Waals surface area (Å²) in [7, 11) is 0. The van der Waals surface area contributed by atoms with Gasteiger partial charge in [0.1, 0.15) is 0 Å². The van der Waals surface area contributed by atoms with Gasteiger partial charge >= 0.3 is 0 Å². The largest absolute Gasteiger partial charge is 0.365 e. The van der Waals surface area contributed by atoms with Gasteiger partial charge < -0.3 is 4.74 Å². The Balaban J connectivity index is 4.49. The van der Waals surface area contributed by atoms with Gasteiger partial charge in [0.15, 0.2) is 0 Å². The van der Waals surface area contributed by atoms with Crippen LogP contribution in [0.1, 0.15) is 34.6 Å². The molecule has 0 fully saturated rings. The van der Waals surface area contributed by atoms with Gasteiger partial charge in [-0.05, 0) is 45.8 Å². The third-order valence-electron chi connectivity index (χ3n) is 2.23. The van der Waals surface area contributed by atoms with E-state index in [0.29, 0.717) is 6.61 Å². The minimum Gasteiger partial charge on any atom is -0.365 e. The maximum Gasteiger partial charge on any atom is 0.0994 e. The standard InChI is InChI=1S/C13H22O/c1-7-11(5)13(12(6)8-2)14-9-10(3)4/h7-8,13H,3,9H2,1-2,4-6H3/b11-7+,12-8+. The SMILES string of the molecule is C=C(C)COC(/C(C)=C/C)/C(C)=C/C. The molecule has 0 aliphatic carbocycles. The molecule has 0 heterocycles. The normalized spacial score (nSPS) is 13.6. The lowest BCUT2D eigenvalue weighted by Gasteiger charge is -2.19. The molecule has 0 unspecified atom stereocenters. The molecular formula is C13H22O. The fourth-order valence-electron chi connectivity index (χ4n) is 1.15. The van der Waals surface area contributed by atoms with Crippen molar-refractivity contribution in [2.24, 2.45) is 0 Å². The van der Waals surface area contributed by atoms with Crippen molar-refractivity contribution in [2.45, 2.75) is 40.7 Å². The molecule has 80 valence electrons. The zero-order valence-corrected chi connectivity index (χ0v) is 10.1. The van der Waals surface area contributed by atoms with Crippen LogP contribution in [0.2, 0.25) is 0 Å². The lowest BCUT2D eigenvalue weighted by atomic mass is 10.0. The molecule has 1 heteroatoms. The Labute approximate surface area is 88.2 Å². The molecule has 1 nitrogen and oxygen atoms in total. The Morgan fingerprint density at radius 2 is 1.57 bits per heavy atom. The summed E-state index contributed by atoms with van der Waals surface area (Å²) in [6, 6.07) is 0. The molecule has 0 saturated heterocycles. The van der Waals surface area contributed by atoms with Crippen LogP contribution in [0.3, 0.4) is 0 Å². The summed E-state index contributed by atoms with van der Waals surface area (Å²) in [5.41, 5.74) is 3.56. The van der Waals surface area contributed by atoms with E-state index >= 15 is 0 Å². The van der Waals surface area contributed by atoms with E-state index in [1.54, 1.807) is 0 Å². The van der Waals surface area contributed by atoms with Crippen LogP contribution >= 0.6 is 0 Å². The van der Waals surface area contributed by atoms with Crippen molar-refractivity contribution in [3.05, 3.63) is 35.5 Å². The quantitative estimate of drug-likeness (QED) is 0.603. The summed E-state index contributed by atoms with van der Waals surface area (Å²) in [4.78, 5) is 0. The summed E-state index contributed by atoms with van der Waals surface area (Å²) in [6.45, 7) is 14.7. The number of allylic oxidation sites excluding steroid dienone is 2. The van der Waals surface area contributed by atoms with Crippen molar-refractivity contribution in [2.75, 3.05) is 6.61 Å². The van der Waals surface area contributed by atoms with Gasteiger partial charge in [0.25, 0.3) is 0 Å². The molecule has 0 aliphatic rings. The third kappa shape index (κ3) is 4.43. The Kier molecular flexibility index (Phi) is 6.22. The first-order chi connectivity index (χ1) is 6.52.